The minimum Gasteiger partial charge on any atom is -0.452 e. The third-order valence-corrected chi connectivity index (χ3v) is 9.55. The van der Waals surface area contributed by atoms with Gasteiger partial charge >= 0.3 is 0 Å². The molecule has 1 atom stereocenters. The molecule has 1 rings (SSSR count). The van der Waals surface area contributed by atoms with E-state index in [1.54, 1.807) is 0 Å². The van der Waals surface area contributed by atoms with Crippen LogP contribution in [0.2, 0.25) is 32.2 Å². The highest BCUT2D eigenvalue weighted by atomic mass is 28.4. The van der Waals surface area contributed by atoms with Crippen LogP contribution in [-0.2, 0) is 4.12 Å². The highest BCUT2D eigenvalue weighted by Crippen LogP contribution is 2.19. The zero-order valence-corrected chi connectivity index (χ0v) is 13.7. The Labute approximate surface area is 108 Å². The van der Waals surface area contributed by atoms with E-state index in [0.29, 0.717) is 0 Å². The van der Waals surface area contributed by atoms with Crippen molar-refractivity contribution in [2.24, 2.45) is 0 Å². The van der Waals surface area contributed by atoms with E-state index in [4.69, 9.17) is 4.12 Å². The molecule has 0 bridgehead atoms. The fourth-order valence-electron chi connectivity index (χ4n) is 2.14. The van der Waals surface area contributed by atoms with Crippen molar-refractivity contribution in [2.45, 2.75) is 39.2 Å². The summed E-state index contributed by atoms with van der Waals surface area (Å²) in [5, 5.41) is 1.39. The summed E-state index contributed by atoms with van der Waals surface area (Å²) in [6.07, 6.45) is 2.01. The Balaban J connectivity index is 3.10. The fraction of sp³-hybridized carbons (Fsp3) is 0.429. The molecule has 0 spiro atoms. The molecule has 1 unspecified atom stereocenters. The summed E-state index contributed by atoms with van der Waals surface area (Å²) in [4.78, 5) is 0. The maximum absolute atomic E-state index is 6.51. The highest BCUT2D eigenvalue weighted by Gasteiger charge is 2.35. The molecule has 0 aliphatic heterocycles. The molecule has 0 aromatic heterocycles. The van der Waals surface area contributed by atoms with E-state index < -0.39 is 16.6 Å². The summed E-state index contributed by atoms with van der Waals surface area (Å²) in [5.74, 6) is 0. The molecule has 17 heavy (non-hydrogen) atoms. The number of hydrogen-bond donors (Lipinski definition) is 0. The van der Waals surface area contributed by atoms with E-state index in [9.17, 15) is 0 Å². The lowest BCUT2D eigenvalue weighted by Gasteiger charge is -2.34. The van der Waals surface area contributed by atoms with Gasteiger partial charge in [0.25, 0.3) is 0 Å². The maximum atomic E-state index is 6.51. The van der Waals surface area contributed by atoms with Gasteiger partial charge in [0, 0.05) is 0 Å². The standard InChI is InChI=1S/C14H24OSi2/c1-7-11-17(6,15-16(3,4)5)14-10-8-9-13(2)12-14/h7-10,12H,1,11H2,2-6H3. The Morgan fingerprint density at radius 1 is 1.24 bits per heavy atom. The lowest BCUT2D eigenvalue weighted by molar-refractivity contribution is 0.561. The van der Waals surface area contributed by atoms with Crippen LogP contribution < -0.4 is 5.19 Å². The second kappa shape index (κ2) is 5.33. The molecule has 0 N–H and O–H groups in total. The van der Waals surface area contributed by atoms with Crippen LogP contribution in [0.5, 0.6) is 0 Å². The zero-order valence-electron chi connectivity index (χ0n) is 11.7. The number of benzene rings is 1. The largest absolute Gasteiger partial charge is 0.452 e. The van der Waals surface area contributed by atoms with Crippen molar-refractivity contribution < 1.29 is 4.12 Å². The molecule has 0 saturated heterocycles. The molecule has 3 heteroatoms. The first-order chi connectivity index (χ1) is 7.77. The summed E-state index contributed by atoms with van der Waals surface area (Å²) >= 11 is 0. The molecule has 0 aliphatic carbocycles. The first kappa shape index (κ1) is 14.4. The molecule has 0 radical (unpaired) electrons. The van der Waals surface area contributed by atoms with Crippen molar-refractivity contribution in [3.8, 4) is 0 Å². The van der Waals surface area contributed by atoms with Crippen molar-refractivity contribution in [3.63, 3.8) is 0 Å². The lowest BCUT2D eigenvalue weighted by Crippen LogP contribution is -2.53. The van der Waals surface area contributed by atoms with Crippen LogP contribution in [0.3, 0.4) is 0 Å². The van der Waals surface area contributed by atoms with Gasteiger partial charge in [-0.2, -0.15) is 0 Å². The van der Waals surface area contributed by atoms with Gasteiger partial charge in [0.2, 0.25) is 8.32 Å². The van der Waals surface area contributed by atoms with Crippen LogP contribution >= 0.6 is 0 Å². The van der Waals surface area contributed by atoms with Crippen molar-refractivity contribution in [2.75, 3.05) is 0 Å². The predicted molar refractivity (Wildman–Crippen MR) is 81.9 cm³/mol. The van der Waals surface area contributed by atoms with Crippen LogP contribution in [-0.4, -0.2) is 16.6 Å². The van der Waals surface area contributed by atoms with Crippen molar-refractivity contribution >= 4 is 21.8 Å². The van der Waals surface area contributed by atoms with Gasteiger partial charge in [0.15, 0.2) is 8.32 Å². The average molecular weight is 265 g/mol. The predicted octanol–water partition coefficient (Wildman–Crippen LogP) is 3.81. The van der Waals surface area contributed by atoms with Gasteiger partial charge < -0.3 is 4.12 Å². The van der Waals surface area contributed by atoms with E-state index in [1.807, 2.05) is 6.08 Å². The Morgan fingerprint density at radius 3 is 2.35 bits per heavy atom. The molecule has 1 aromatic rings. The summed E-state index contributed by atoms with van der Waals surface area (Å²) in [7, 11) is -3.36. The van der Waals surface area contributed by atoms with Crippen LogP contribution in [0.4, 0.5) is 0 Å². The third kappa shape index (κ3) is 4.26. The molecule has 0 aliphatic rings. The summed E-state index contributed by atoms with van der Waals surface area (Å²) < 4.78 is 6.51. The van der Waals surface area contributed by atoms with E-state index in [-0.39, 0.29) is 0 Å². The van der Waals surface area contributed by atoms with Gasteiger partial charge in [-0.3, -0.25) is 0 Å². The van der Waals surface area contributed by atoms with E-state index in [2.05, 4.69) is 64.0 Å². The molecule has 0 amide bonds. The minimum atomic E-state index is -1.85. The molecule has 0 saturated carbocycles. The van der Waals surface area contributed by atoms with Gasteiger partial charge in [0.05, 0.1) is 0 Å². The zero-order chi connectivity index (χ0) is 13.1. The second-order valence-electron chi connectivity index (χ2n) is 5.81. The topological polar surface area (TPSA) is 9.23 Å². The van der Waals surface area contributed by atoms with Crippen LogP contribution in [0, 0.1) is 6.92 Å². The second-order valence-corrected chi connectivity index (χ2v) is 14.3. The molecule has 1 nitrogen and oxygen atoms in total. The summed E-state index contributed by atoms with van der Waals surface area (Å²) in [5.41, 5.74) is 1.31. The fourth-order valence-corrected chi connectivity index (χ4v) is 10.1. The molecule has 1 aromatic carbocycles. The molecular weight excluding hydrogens is 240 g/mol. The molecule has 0 fully saturated rings. The molecule has 94 valence electrons. The highest BCUT2D eigenvalue weighted by molar-refractivity contribution is 6.93. The number of rotatable bonds is 5. The molecular formula is C14H24OSi2. The number of allylic oxidation sites excluding steroid dienone is 1. The van der Waals surface area contributed by atoms with Gasteiger partial charge in [-0.05, 0) is 44.3 Å². The monoisotopic (exact) mass is 264 g/mol. The first-order valence-corrected chi connectivity index (χ1v) is 12.2. The number of hydrogen-bond acceptors (Lipinski definition) is 1. The quantitative estimate of drug-likeness (QED) is 0.580. The van der Waals surface area contributed by atoms with Crippen molar-refractivity contribution in [3.05, 3.63) is 42.5 Å². The minimum absolute atomic E-state index is 0.987. The van der Waals surface area contributed by atoms with Gasteiger partial charge in [0.1, 0.15) is 0 Å². The van der Waals surface area contributed by atoms with Crippen LogP contribution in [0.25, 0.3) is 0 Å². The Hall–Kier alpha value is -0.646. The Kier molecular flexibility index (Phi) is 4.52. The molecule has 0 heterocycles. The van der Waals surface area contributed by atoms with Gasteiger partial charge in [-0.25, -0.2) is 0 Å². The van der Waals surface area contributed by atoms with Crippen LogP contribution in [0.1, 0.15) is 5.56 Å². The summed E-state index contributed by atoms with van der Waals surface area (Å²) in [6, 6.07) is 9.74. The smallest absolute Gasteiger partial charge is 0.212 e. The normalized spacial score (nSPS) is 15.4. The first-order valence-electron chi connectivity index (χ1n) is 6.15. The van der Waals surface area contributed by atoms with E-state index in [0.717, 1.165) is 6.04 Å². The Bertz CT molecular complexity index is 395. The van der Waals surface area contributed by atoms with Crippen molar-refractivity contribution in [1.82, 2.24) is 0 Å². The summed E-state index contributed by atoms with van der Waals surface area (Å²) in [6.45, 7) is 15.1. The lowest BCUT2D eigenvalue weighted by atomic mass is 10.2. The Morgan fingerprint density at radius 2 is 1.88 bits per heavy atom. The third-order valence-electron chi connectivity index (χ3n) is 2.69. The maximum Gasteiger partial charge on any atom is 0.212 e. The van der Waals surface area contributed by atoms with Gasteiger partial charge in [-0.1, -0.05) is 35.9 Å². The number of aryl methyl sites for hydroxylation is 1. The van der Waals surface area contributed by atoms with Gasteiger partial charge in [-0.15, -0.1) is 6.58 Å². The average Bonchev–Trinajstić information content (AvgIpc) is 2.15. The SMILES string of the molecule is C=CC[Si](C)(O[Si](C)(C)C)c1cccc(C)c1. The van der Waals surface area contributed by atoms with E-state index >= 15 is 0 Å². The van der Waals surface area contributed by atoms with Crippen LogP contribution in [0.15, 0.2) is 36.9 Å². The van der Waals surface area contributed by atoms with E-state index in [1.165, 1.54) is 10.8 Å². The van der Waals surface area contributed by atoms with Crippen molar-refractivity contribution in [1.29, 1.82) is 0 Å².